The van der Waals surface area contributed by atoms with Crippen LogP contribution in [0.2, 0.25) is 0 Å². The molecule has 85 heavy (non-hydrogen) atoms. The van der Waals surface area contributed by atoms with Crippen molar-refractivity contribution in [3.05, 3.63) is 48.6 Å². The number of phosphoric ester groups is 2. The van der Waals surface area contributed by atoms with Gasteiger partial charge in [0.2, 0.25) is 0 Å². The monoisotopic (exact) mass is 1250 g/mol. The fourth-order valence-corrected chi connectivity index (χ4v) is 11.0. The fourth-order valence-electron chi connectivity index (χ4n) is 9.39. The maximum atomic E-state index is 12.9. The highest BCUT2D eigenvalue weighted by molar-refractivity contribution is 7.47. The number of rotatable bonds is 65. The summed E-state index contributed by atoms with van der Waals surface area (Å²) in [6.07, 6.45) is 60.1. The van der Waals surface area contributed by atoms with Gasteiger partial charge in [0.15, 0.2) is 6.10 Å². The van der Waals surface area contributed by atoms with Crippen LogP contribution in [0.15, 0.2) is 48.6 Å². The van der Waals surface area contributed by atoms with E-state index in [1.54, 1.807) is 0 Å². The summed E-state index contributed by atoms with van der Waals surface area (Å²) in [5.41, 5.74) is 0. The van der Waals surface area contributed by atoms with E-state index in [0.717, 1.165) is 109 Å². The zero-order valence-corrected chi connectivity index (χ0v) is 55.6. The van der Waals surface area contributed by atoms with E-state index in [2.05, 4.69) is 69.4 Å². The van der Waals surface area contributed by atoms with Crippen molar-refractivity contribution in [3.8, 4) is 0 Å². The third kappa shape index (κ3) is 62.9. The van der Waals surface area contributed by atoms with Gasteiger partial charge in [0.25, 0.3) is 0 Å². The van der Waals surface area contributed by atoms with Crippen LogP contribution < -0.4 is 0 Å². The molecule has 16 nitrogen and oxygen atoms in total. The Morgan fingerprint density at radius 2 is 0.624 bits per heavy atom. The molecule has 5 atom stereocenters. The van der Waals surface area contributed by atoms with E-state index in [1.807, 2.05) is 0 Å². The van der Waals surface area contributed by atoms with E-state index in [-0.39, 0.29) is 19.3 Å². The summed E-state index contributed by atoms with van der Waals surface area (Å²) < 4.78 is 60.9. The lowest BCUT2D eigenvalue weighted by Crippen LogP contribution is -2.30. The molecule has 0 aliphatic carbocycles. The van der Waals surface area contributed by atoms with Gasteiger partial charge in [-0.3, -0.25) is 32.5 Å². The molecule has 0 saturated carbocycles. The minimum Gasteiger partial charge on any atom is -0.463 e. The van der Waals surface area contributed by atoms with E-state index in [1.165, 1.54) is 135 Å². The van der Waals surface area contributed by atoms with Gasteiger partial charge in [0, 0.05) is 19.3 Å². The van der Waals surface area contributed by atoms with Crippen molar-refractivity contribution < 1.29 is 75.8 Å². The van der Waals surface area contributed by atoms with Gasteiger partial charge in [-0.15, -0.1) is 0 Å². The zero-order valence-electron chi connectivity index (χ0n) is 53.8. The number of phosphoric acid groups is 2. The number of allylic oxidation sites excluding steroid dienone is 8. The number of hydrogen-bond acceptors (Lipinski definition) is 14. The van der Waals surface area contributed by atoms with Crippen LogP contribution in [0.5, 0.6) is 0 Å². The van der Waals surface area contributed by atoms with Crippen LogP contribution in [-0.2, 0) is 55.8 Å². The van der Waals surface area contributed by atoms with Crippen LogP contribution in [0.1, 0.15) is 303 Å². The van der Waals surface area contributed by atoms with Crippen molar-refractivity contribution in [2.24, 2.45) is 0 Å². The van der Waals surface area contributed by atoms with Crippen LogP contribution in [-0.4, -0.2) is 95.9 Å². The van der Waals surface area contributed by atoms with Crippen molar-refractivity contribution >= 4 is 33.6 Å². The van der Waals surface area contributed by atoms with Gasteiger partial charge < -0.3 is 34.2 Å². The van der Waals surface area contributed by atoms with Crippen molar-refractivity contribution in [2.45, 2.75) is 322 Å². The van der Waals surface area contributed by atoms with Gasteiger partial charge in [0.05, 0.1) is 26.4 Å². The Morgan fingerprint density at radius 3 is 0.988 bits per heavy atom. The molecule has 0 aliphatic rings. The molecule has 0 saturated heterocycles. The van der Waals surface area contributed by atoms with Gasteiger partial charge in [-0.1, -0.05) is 275 Å². The number of ether oxygens (including phenoxy) is 3. The molecular formula is C67H124O16P2. The molecular weight excluding hydrogens is 1120 g/mol. The smallest absolute Gasteiger partial charge is 0.463 e. The van der Waals surface area contributed by atoms with Gasteiger partial charge in [0.1, 0.15) is 25.4 Å². The molecule has 0 aromatic rings. The summed E-state index contributed by atoms with van der Waals surface area (Å²) in [4.78, 5) is 58.3. The lowest BCUT2D eigenvalue weighted by molar-refractivity contribution is -0.161. The van der Waals surface area contributed by atoms with E-state index >= 15 is 0 Å². The molecule has 0 bridgehead atoms. The molecule has 0 heterocycles. The Morgan fingerprint density at radius 1 is 0.341 bits per heavy atom. The van der Waals surface area contributed by atoms with Gasteiger partial charge in [-0.25, -0.2) is 9.13 Å². The van der Waals surface area contributed by atoms with E-state index in [0.29, 0.717) is 19.3 Å². The molecule has 4 N–H and O–H groups in total. The molecule has 0 rings (SSSR count). The average Bonchev–Trinajstić information content (AvgIpc) is 3.52. The summed E-state index contributed by atoms with van der Waals surface area (Å²) in [5, 5.41) is 20.5. The molecule has 0 radical (unpaired) electrons. The van der Waals surface area contributed by atoms with Gasteiger partial charge >= 0.3 is 33.6 Å². The molecule has 5 unspecified atom stereocenters. The number of carbonyl (C=O) groups is 3. The number of unbranched alkanes of at least 4 members (excludes halogenated alkanes) is 34. The topological polar surface area (TPSA) is 231 Å². The highest BCUT2D eigenvalue weighted by Crippen LogP contribution is 2.45. The van der Waals surface area contributed by atoms with Crippen LogP contribution in [0.3, 0.4) is 0 Å². The minimum absolute atomic E-state index is 0.113. The molecule has 0 spiro atoms. The molecule has 18 heteroatoms. The lowest BCUT2D eigenvalue weighted by Gasteiger charge is -2.21. The van der Waals surface area contributed by atoms with E-state index < -0.39 is 91.5 Å². The summed E-state index contributed by atoms with van der Waals surface area (Å²) in [6.45, 7) is 2.59. The van der Waals surface area contributed by atoms with Crippen LogP contribution in [0, 0.1) is 0 Å². The minimum atomic E-state index is -4.91. The second kappa shape index (κ2) is 61.7. The average molecular weight is 1250 g/mol. The normalized spacial score (nSPS) is 14.6. The van der Waals surface area contributed by atoms with Crippen molar-refractivity contribution in [1.29, 1.82) is 0 Å². The largest absolute Gasteiger partial charge is 0.472 e. The maximum absolute atomic E-state index is 12.9. The second-order valence-electron chi connectivity index (χ2n) is 23.0. The van der Waals surface area contributed by atoms with Crippen molar-refractivity contribution in [2.75, 3.05) is 39.6 Å². The molecule has 0 fully saturated rings. The van der Waals surface area contributed by atoms with Crippen LogP contribution >= 0.6 is 15.6 Å². The summed E-state index contributed by atoms with van der Waals surface area (Å²) in [6, 6.07) is 0. The summed E-state index contributed by atoms with van der Waals surface area (Å²) in [5.74, 6) is -1.56. The van der Waals surface area contributed by atoms with Crippen LogP contribution in [0.25, 0.3) is 0 Å². The van der Waals surface area contributed by atoms with Crippen molar-refractivity contribution in [1.82, 2.24) is 0 Å². The number of aliphatic hydroxyl groups excluding tert-OH is 2. The molecule has 0 aliphatic heterocycles. The van der Waals surface area contributed by atoms with Gasteiger partial charge in [-0.05, 0) is 57.8 Å². The number of esters is 3. The van der Waals surface area contributed by atoms with Gasteiger partial charge in [-0.2, -0.15) is 0 Å². The predicted octanol–water partition coefficient (Wildman–Crippen LogP) is 18.4. The number of carbonyl (C=O) groups excluding carboxylic acids is 3. The molecule has 0 aromatic heterocycles. The SMILES string of the molecule is CC/C=C\C/C=C\C/C=C\C/C=C\CCCCCCCCC(=O)OCC(O)COP(=O)(O)OCC(O)COP(=O)(O)OCC(COC(=O)CCCCCCCCCCCCCCCCC)OC(=O)CCCCCCCCCCCCCCCCC. The highest BCUT2D eigenvalue weighted by atomic mass is 31.2. The standard InChI is InChI=1S/C67H124O16P2/c1-4-7-10-13-16-19-22-25-28-29-30-31-34-36-38-41-44-47-50-53-65(70)77-56-62(68)57-79-84(73,74)80-58-63(69)59-81-85(75,76)82-61-64(83-67(72)55-52-49-46-43-40-37-33-27-24-21-18-15-12-9-6-3)60-78-66(71)54-51-48-45-42-39-35-32-26-23-20-17-14-11-8-5-2/h7,10,16,19,25,28,30-31,62-64,68-69H,4-6,8-9,11-15,17-18,20-24,26-27,29,32-61H2,1-3H3,(H,73,74)(H,75,76)/b10-7-,19-16-,28-25-,31-30-. The Bertz CT molecular complexity index is 1760. The molecule has 0 aromatic carbocycles. The third-order valence-electron chi connectivity index (χ3n) is 14.6. The maximum Gasteiger partial charge on any atom is 0.472 e. The second-order valence-corrected chi connectivity index (χ2v) is 25.9. The Labute approximate surface area is 517 Å². The van der Waals surface area contributed by atoms with Crippen molar-refractivity contribution in [3.63, 3.8) is 0 Å². The Balaban J connectivity index is 4.63. The quantitative estimate of drug-likeness (QED) is 0.0146. The number of hydrogen-bond donors (Lipinski definition) is 4. The van der Waals surface area contributed by atoms with E-state index in [4.69, 9.17) is 32.3 Å². The van der Waals surface area contributed by atoms with Crippen LogP contribution in [0.4, 0.5) is 0 Å². The lowest BCUT2D eigenvalue weighted by atomic mass is 10.0. The molecule has 0 amide bonds. The Hall–Kier alpha value is -2.49. The number of aliphatic hydroxyl groups is 2. The first-order chi connectivity index (χ1) is 41.2. The first kappa shape index (κ1) is 82.5. The Kier molecular flexibility index (Phi) is 59.9. The predicted molar refractivity (Wildman–Crippen MR) is 344 cm³/mol. The molecule has 498 valence electrons. The first-order valence-corrected chi connectivity index (χ1v) is 36.9. The van der Waals surface area contributed by atoms with E-state index in [9.17, 15) is 43.5 Å². The zero-order chi connectivity index (χ0) is 62.4. The third-order valence-corrected chi connectivity index (χ3v) is 16.5. The highest BCUT2D eigenvalue weighted by Gasteiger charge is 2.29. The fraction of sp³-hybridized carbons (Fsp3) is 0.836. The first-order valence-electron chi connectivity index (χ1n) is 33.9. The summed E-state index contributed by atoms with van der Waals surface area (Å²) in [7, 11) is -9.76. The summed E-state index contributed by atoms with van der Waals surface area (Å²) >= 11 is 0.